The van der Waals surface area contributed by atoms with Gasteiger partial charge in [0, 0.05) is 12.5 Å². The highest BCUT2D eigenvalue weighted by molar-refractivity contribution is 5.10. The summed E-state index contributed by atoms with van der Waals surface area (Å²) in [5.41, 5.74) is 1.40. The minimum absolute atomic E-state index is 0.837. The maximum absolute atomic E-state index is 3.49. The Bertz CT molecular complexity index is 225. The van der Waals surface area contributed by atoms with Crippen molar-refractivity contribution in [3.63, 3.8) is 0 Å². The fraction of sp³-hybridized carbons (Fsp3) is 0.667. The topological polar surface area (TPSA) is 12.0 Å². The molecule has 0 amide bonds. The molecule has 0 aromatic rings. The van der Waals surface area contributed by atoms with Crippen molar-refractivity contribution in [1.82, 2.24) is 5.32 Å². The van der Waals surface area contributed by atoms with Crippen molar-refractivity contribution in [1.29, 1.82) is 0 Å². The van der Waals surface area contributed by atoms with Crippen LogP contribution in [0.25, 0.3) is 0 Å². The SMILES string of the molecule is CC#CCC(C)=CCCNC1CC1. The summed E-state index contributed by atoms with van der Waals surface area (Å²) in [4.78, 5) is 0. The summed E-state index contributed by atoms with van der Waals surface area (Å²) in [6.07, 6.45) is 7.13. The van der Waals surface area contributed by atoms with Crippen LogP contribution in [0.15, 0.2) is 11.6 Å². The molecule has 1 aliphatic rings. The van der Waals surface area contributed by atoms with Crippen LogP contribution in [0.4, 0.5) is 0 Å². The number of allylic oxidation sites excluding steroid dienone is 1. The summed E-state index contributed by atoms with van der Waals surface area (Å²) in [5.74, 6) is 5.98. The molecule has 1 aliphatic carbocycles. The van der Waals surface area contributed by atoms with Crippen molar-refractivity contribution in [3.8, 4) is 11.8 Å². The summed E-state index contributed by atoms with van der Waals surface area (Å²) >= 11 is 0. The maximum Gasteiger partial charge on any atom is 0.0296 e. The molecular weight excluding hydrogens is 158 g/mol. The van der Waals surface area contributed by atoms with Crippen molar-refractivity contribution in [2.24, 2.45) is 0 Å². The molecular formula is C12H19N. The van der Waals surface area contributed by atoms with Gasteiger partial charge in [0.2, 0.25) is 0 Å². The van der Waals surface area contributed by atoms with E-state index in [0.717, 1.165) is 25.4 Å². The zero-order chi connectivity index (χ0) is 9.52. The number of hydrogen-bond acceptors (Lipinski definition) is 1. The second-order valence-electron chi connectivity index (χ2n) is 3.67. The lowest BCUT2D eigenvalue weighted by atomic mass is 10.2. The summed E-state index contributed by atoms with van der Waals surface area (Å²) in [6, 6.07) is 0.837. The van der Waals surface area contributed by atoms with Crippen LogP contribution in [0.1, 0.15) is 39.5 Å². The Labute approximate surface area is 81.6 Å². The molecule has 0 unspecified atom stereocenters. The lowest BCUT2D eigenvalue weighted by Crippen LogP contribution is -2.16. The number of rotatable bonds is 5. The van der Waals surface area contributed by atoms with Crippen LogP contribution in [-0.4, -0.2) is 12.6 Å². The third kappa shape index (κ3) is 5.49. The molecule has 0 aliphatic heterocycles. The molecule has 1 nitrogen and oxygen atoms in total. The summed E-state index contributed by atoms with van der Waals surface area (Å²) in [7, 11) is 0. The molecule has 1 rings (SSSR count). The minimum Gasteiger partial charge on any atom is -0.314 e. The van der Waals surface area contributed by atoms with Crippen LogP contribution in [0.5, 0.6) is 0 Å². The first-order valence-corrected chi connectivity index (χ1v) is 5.11. The molecule has 1 heteroatoms. The van der Waals surface area contributed by atoms with Gasteiger partial charge in [0.1, 0.15) is 0 Å². The smallest absolute Gasteiger partial charge is 0.0296 e. The van der Waals surface area contributed by atoms with Gasteiger partial charge < -0.3 is 5.32 Å². The first-order chi connectivity index (χ1) is 6.33. The van der Waals surface area contributed by atoms with Gasteiger partial charge >= 0.3 is 0 Å². The van der Waals surface area contributed by atoms with E-state index < -0.39 is 0 Å². The lowest BCUT2D eigenvalue weighted by Gasteiger charge is -1.99. The second kappa shape index (κ2) is 5.83. The van der Waals surface area contributed by atoms with Crippen LogP contribution in [0.3, 0.4) is 0 Å². The van der Waals surface area contributed by atoms with Gasteiger partial charge in [0.15, 0.2) is 0 Å². The largest absolute Gasteiger partial charge is 0.314 e. The van der Waals surface area contributed by atoms with E-state index >= 15 is 0 Å². The average Bonchev–Trinajstić information content (AvgIpc) is 2.92. The van der Waals surface area contributed by atoms with Crippen LogP contribution < -0.4 is 5.32 Å². The molecule has 1 saturated carbocycles. The molecule has 0 radical (unpaired) electrons. The summed E-state index contributed by atoms with van der Waals surface area (Å²) in [5, 5.41) is 3.49. The van der Waals surface area contributed by atoms with Crippen LogP contribution in [0.2, 0.25) is 0 Å². The number of nitrogens with one attached hydrogen (secondary N) is 1. The molecule has 0 spiro atoms. The maximum atomic E-state index is 3.49. The van der Waals surface area contributed by atoms with Crippen molar-refractivity contribution >= 4 is 0 Å². The van der Waals surface area contributed by atoms with Crippen molar-refractivity contribution in [2.75, 3.05) is 6.54 Å². The predicted octanol–water partition coefficient (Wildman–Crippen LogP) is 2.49. The zero-order valence-electron chi connectivity index (χ0n) is 8.69. The van der Waals surface area contributed by atoms with E-state index in [1.165, 1.54) is 18.4 Å². The normalized spacial score (nSPS) is 16.6. The highest BCUT2D eigenvalue weighted by Gasteiger charge is 2.19. The molecule has 0 aromatic heterocycles. The van der Waals surface area contributed by atoms with Crippen molar-refractivity contribution < 1.29 is 0 Å². The van der Waals surface area contributed by atoms with Gasteiger partial charge in [-0.3, -0.25) is 0 Å². The molecule has 0 atom stereocenters. The quantitative estimate of drug-likeness (QED) is 0.386. The number of hydrogen-bond donors (Lipinski definition) is 1. The van der Waals surface area contributed by atoms with E-state index in [2.05, 4.69) is 30.2 Å². The molecule has 0 aromatic carbocycles. The molecule has 0 bridgehead atoms. The van der Waals surface area contributed by atoms with Gasteiger partial charge in [0.05, 0.1) is 0 Å². The summed E-state index contributed by atoms with van der Waals surface area (Å²) < 4.78 is 0. The monoisotopic (exact) mass is 177 g/mol. The second-order valence-corrected chi connectivity index (χ2v) is 3.67. The Hall–Kier alpha value is -0.740. The van der Waals surface area contributed by atoms with Gasteiger partial charge in [-0.1, -0.05) is 17.6 Å². The van der Waals surface area contributed by atoms with E-state index in [4.69, 9.17) is 0 Å². The molecule has 1 fully saturated rings. The standard InChI is InChI=1S/C12H19N/c1-3-4-6-11(2)7-5-10-13-12-8-9-12/h7,12-13H,5-6,8-10H2,1-2H3. The zero-order valence-corrected chi connectivity index (χ0v) is 8.69. The first kappa shape index (κ1) is 10.3. The predicted molar refractivity (Wildman–Crippen MR) is 57.5 cm³/mol. The van der Waals surface area contributed by atoms with Gasteiger partial charge in [-0.2, -0.15) is 0 Å². The van der Waals surface area contributed by atoms with Crippen LogP contribution in [-0.2, 0) is 0 Å². The van der Waals surface area contributed by atoms with Gasteiger partial charge in [0.25, 0.3) is 0 Å². The van der Waals surface area contributed by atoms with Crippen LogP contribution >= 0.6 is 0 Å². The van der Waals surface area contributed by atoms with E-state index in [0.29, 0.717) is 0 Å². The molecule has 13 heavy (non-hydrogen) atoms. The Morgan fingerprint density at radius 2 is 2.31 bits per heavy atom. The highest BCUT2D eigenvalue weighted by atomic mass is 14.9. The Kier molecular flexibility index (Phi) is 4.64. The third-order valence-corrected chi connectivity index (χ3v) is 2.19. The van der Waals surface area contributed by atoms with Gasteiger partial charge in [-0.25, -0.2) is 0 Å². The fourth-order valence-electron chi connectivity index (χ4n) is 1.19. The lowest BCUT2D eigenvalue weighted by molar-refractivity contribution is 0.688. The Morgan fingerprint density at radius 1 is 1.54 bits per heavy atom. The minimum atomic E-state index is 0.837. The average molecular weight is 177 g/mol. The van der Waals surface area contributed by atoms with Crippen molar-refractivity contribution in [3.05, 3.63) is 11.6 Å². The first-order valence-electron chi connectivity index (χ1n) is 5.11. The van der Waals surface area contributed by atoms with E-state index in [1.54, 1.807) is 0 Å². The van der Waals surface area contributed by atoms with Crippen LogP contribution in [0, 0.1) is 11.8 Å². The summed E-state index contributed by atoms with van der Waals surface area (Å²) in [6.45, 7) is 5.17. The van der Waals surface area contributed by atoms with Gasteiger partial charge in [-0.15, -0.1) is 5.92 Å². The fourth-order valence-corrected chi connectivity index (χ4v) is 1.19. The molecule has 0 heterocycles. The molecule has 1 N–H and O–H groups in total. The van der Waals surface area contributed by atoms with Crippen molar-refractivity contribution in [2.45, 2.75) is 45.6 Å². The van der Waals surface area contributed by atoms with Gasteiger partial charge in [-0.05, 0) is 39.7 Å². The van der Waals surface area contributed by atoms with E-state index in [-0.39, 0.29) is 0 Å². The highest BCUT2D eigenvalue weighted by Crippen LogP contribution is 2.18. The third-order valence-electron chi connectivity index (χ3n) is 2.19. The Morgan fingerprint density at radius 3 is 2.92 bits per heavy atom. The van der Waals surface area contributed by atoms with E-state index in [9.17, 15) is 0 Å². The Balaban J connectivity index is 2.01. The van der Waals surface area contributed by atoms with E-state index in [1.807, 2.05) is 6.92 Å². The molecule has 0 saturated heterocycles. The molecule has 72 valence electrons.